The van der Waals surface area contributed by atoms with Crippen LogP contribution in [0.3, 0.4) is 0 Å². The summed E-state index contributed by atoms with van der Waals surface area (Å²) in [4.78, 5) is 25.9. The van der Waals surface area contributed by atoms with Crippen molar-refractivity contribution < 1.29 is 9.59 Å². The van der Waals surface area contributed by atoms with Gasteiger partial charge in [-0.25, -0.2) is 0 Å². The molecule has 0 bridgehead atoms. The lowest BCUT2D eigenvalue weighted by Crippen LogP contribution is -2.45. The van der Waals surface area contributed by atoms with Crippen molar-refractivity contribution in [3.05, 3.63) is 0 Å². The normalized spacial score (nSPS) is 32.9. The highest BCUT2D eigenvalue weighted by Crippen LogP contribution is 2.29. The van der Waals surface area contributed by atoms with Gasteiger partial charge in [0.1, 0.15) is 6.04 Å². The van der Waals surface area contributed by atoms with Gasteiger partial charge in [0, 0.05) is 19.5 Å². The molecule has 0 aromatic rings. The van der Waals surface area contributed by atoms with Crippen LogP contribution in [0, 0.1) is 11.8 Å². The maximum atomic E-state index is 12.4. The highest BCUT2D eigenvalue weighted by molar-refractivity contribution is 5.89. The van der Waals surface area contributed by atoms with Crippen LogP contribution in [-0.2, 0) is 9.59 Å². The summed E-state index contributed by atoms with van der Waals surface area (Å²) >= 11 is 0. The fourth-order valence-electron chi connectivity index (χ4n) is 3.18. The Morgan fingerprint density at radius 3 is 2.53 bits per heavy atom. The summed E-state index contributed by atoms with van der Waals surface area (Å²) in [6.07, 6.45) is 6.14. The van der Waals surface area contributed by atoms with Crippen LogP contribution in [-0.4, -0.2) is 35.8 Å². The molecule has 4 nitrogen and oxygen atoms in total. The van der Waals surface area contributed by atoms with Gasteiger partial charge in [-0.2, -0.15) is 0 Å². The number of hydrogen-bond donors (Lipinski definition) is 1. The molecular weight excluding hydrogens is 240 g/mol. The van der Waals surface area contributed by atoms with E-state index in [0.717, 1.165) is 12.5 Å². The van der Waals surface area contributed by atoms with Crippen molar-refractivity contribution in [2.45, 2.75) is 58.4 Å². The number of amides is 2. The minimum atomic E-state index is -0.308. The van der Waals surface area contributed by atoms with Crippen LogP contribution < -0.4 is 5.32 Å². The van der Waals surface area contributed by atoms with Crippen LogP contribution in [0.5, 0.6) is 0 Å². The molecule has 4 heteroatoms. The number of hydrogen-bond acceptors (Lipinski definition) is 2. The summed E-state index contributed by atoms with van der Waals surface area (Å²) in [7, 11) is 0. The second-order valence-electron chi connectivity index (χ2n) is 6.19. The summed E-state index contributed by atoms with van der Waals surface area (Å²) in [5, 5.41) is 2.82. The monoisotopic (exact) mass is 266 g/mol. The van der Waals surface area contributed by atoms with E-state index in [4.69, 9.17) is 0 Å². The third kappa shape index (κ3) is 3.71. The van der Waals surface area contributed by atoms with Crippen molar-refractivity contribution in [2.75, 3.05) is 13.1 Å². The molecule has 1 saturated carbocycles. The molecule has 2 aliphatic rings. The predicted octanol–water partition coefficient (Wildman–Crippen LogP) is 1.94. The van der Waals surface area contributed by atoms with Crippen LogP contribution in [0.25, 0.3) is 0 Å². The Hall–Kier alpha value is -1.06. The Morgan fingerprint density at radius 2 is 1.89 bits per heavy atom. The first kappa shape index (κ1) is 14.4. The van der Waals surface area contributed by atoms with E-state index in [-0.39, 0.29) is 17.9 Å². The average Bonchev–Trinajstić information content (AvgIpc) is 2.54. The van der Waals surface area contributed by atoms with Gasteiger partial charge >= 0.3 is 0 Å². The summed E-state index contributed by atoms with van der Waals surface area (Å²) in [5.74, 6) is 1.60. The van der Waals surface area contributed by atoms with Crippen LogP contribution in [0.2, 0.25) is 0 Å². The van der Waals surface area contributed by atoms with Gasteiger partial charge in [0.15, 0.2) is 0 Å². The first-order valence-corrected chi connectivity index (χ1v) is 7.68. The maximum absolute atomic E-state index is 12.4. The molecule has 2 amide bonds. The van der Waals surface area contributed by atoms with E-state index in [1.54, 1.807) is 0 Å². The van der Waals surface area contributed by atoms with E-state index in [0.29, 0.717) is 25.3 Å². The molecule has 0 radical (unpaired) electrons. The molecule has 1 unspecified atom stereocenters. The van der Waals surface area contributed by atoms with Crippen LogP contribution in [0.1, 0.15) is 52.4 Å². The third-order valence-electron chi connectivity index (χ3n) is 4.58. The minimum absolute atomic E-state index is 0.0139. The second-order valence-corrected chi connectivity index (χ2v) is 6.19. The summed E-state index contributed by atoms with van der Waals surface area (Å²) in [6.45, 7) is 5.70. The lowest BCUT2D eigenvalue weighted by molar-refractivity contribution is -0.134. The Bertz CT molecular complexity index is 335. The van der Waals surface area contributed by atoms with Gasteiger partial charge in [-0.15, -0.1) is 0 Å². The van der Waals surface area contributed by atoms with Crippen molar-refractivity contribution >= 4 is 11.8 Å². The first-order valence-electron chi connectivity index (χ1n) is 7.68. The largest absolute Gasteiger partial charge is 0.344 e. The Labute approximate surface area is 115 Å². The van der Waals surface area contributed by atoms with Crippen molar-refractivity contribution in [1.29, 1.82) is 0 Å². The molecule has 0 aromatic heterocycles. The summed E-state index contributed by atoms with van der Waals surface area (Å²) in [6, 6.07) is -0.308. The fraction of sp³-hybridized carbons (Fsp3) is 0.867. The van der Waals surface area contributed by atoms with Gasteiger partial charge in [0.2, 0.25) is 11.8 Å². The van der Waals surface area contributed by atoms with Crippen LogP contribution in [0.4, 0.5) is 0 Å². The molecule has 2 rings (SSSR count). The summed E-state index contributed by atoms with van der Waals surface area (Å²) in [5.41, 5.74) is 0. The zero-order chi connectivity index (χ0) is 13.8. The average molecular weight is 266 g/mol. The second kappa shape index (κ2) is 6.40. The molecule has 1 saturated heterocycles. The lowest BCUT2D eigenvalue weighted by Gasteiger charge is -2.32. The molecule has 19 heavy (non-hydrogen) atoms. The zero-order valence-electron chi connectivity index (χ0n) is 12.2. The predicted molar refractivity (Wildman–Crippen MR) is 74.5 cm³/mol. The van der Waals surface area contributed by atoms with E-state index in [9.17, 15) is 9.59 Å². The molecule has 108 valence electrons. The van der Waals surface area contributed by atoms with E-state index in [2.05, 4.69) is 12.2 Å². The van der Waals surface area contributed by atoms with Crippen LogP contribution in [0.15, 0.2) is 0 Å². The number of rotatable bonds is 3. The molecule has 1 aliphatic heterocycles. The minimum Gasteiger partial charge on any atom is -0.344 e. The maximum Gasteiger partial charge on any atom is 0.245 e. The first-order chi connectivity index (χ1) is 9.10. The number of carbonyl (C=O) groups excluding carboxylic acids is 2. The van der Waals surface area contributed by atoms with Crippen LogP contribution >= 0.6 is 0 Å². The quantitative estimate of drug-likeness (QED) is 0.848. The Kier molecular flexibility index (Phi) is 4.83. The van der Waals surface area contributed by atoms with Crippen molar-refractivity contribution in [2.24, 2.45) is 11.8 Å². The SMILES string of the molecule is CCC1NC(=O)CCN(CC2CCC(C)CC2)C1=O. The standard InChI is InChI=1S/C15H26N2O2/c1-3-13-15(19)17(9-8-14(18)16-13)10-12-6-4-11(2)5-7-12/h11-13H,3-10H2,1-2H3,(H,16,18). The molecule has 1 atom stereocenters. The number of nitrogens with one attached hydrogen (secondary N) is 1. The molecule has 0 spiro atoms. The topological polar surface area (TPSA) is 49.4 Å². The number of carbonyl (C=O) groups is 2. The van der Waals surface area contributed by atoms with Crippen molar-refractivity contribution in [1.82, 2.24) is 10.2 Å². The molecule has 0 aromatic carbocycles. The Balaban J connectivity index is 1.94. The van der Waals surface area contributed by atoms with E-state index in [1.165, 1.54) is 25.7 Å². The highest BCUT2D eigenvalue weighted by atomic mass is 16.2. The van der Waals surface area contributed by atoms with Gasteiger partial charge in [0.05, 0.1) is 0 Å². The van der Waals surface area contributed by atoms with Gasteiger partial charge in [0.25, 0.3) is 0 Å². The van der Waals surface area contributed by atoms with E-state index in [1.807, 2.05) is 11.8 Å². The van der Waals surface area contributed by atoms with Crippen molar-refractivity contribution in [3.63, 3.8) is 0 Å². The molecular formula is C15H26N2O2. The smallest absolute Gasteiger partial charge is 0.245 e. The van der Waals surface area contributed by atoms with Gasteiger partial charge < -0.3 is 10.2 Å². The highest BCUT2D eigenvalue weighted by Gasteiger charge is 2.30. The number of nitrogens with zero attached hydrogens (tertiary/aromatic N) is 1. The van der Waals surface area contributed by atoms with Crippen molar-refractivity contribution in [3.8, 4) is 0 Å². The lowest BCUT2D eigenvalue weighted by atomic mass is 9.83. The summed E-state index contributed by atoms with van der Waals surface area (Å²) < 4.78 is 0. The Morgan fingerprint density at radius 1 is 1.21 bits per heavy atom. The molecule has 2 fully saturated rings. The van der Waals surface area contributed by atoms with Gasteiger partial charge in [-0.3, -0.25) is 9.59 Å². The molecule has 1 aliphatic carbocycles. The van der Waals surface area contributed by atoms with E-state index >= 15 is 0 Å². The zero-order valence-corrected chi connectivity index (χ0v) is 12.2. The third-order valence-corrected chi connectivity index (χ3v) is 4.58. The van der Waals surface area contributed by atoms with Gasteiger partial charge in [-0.05, 0) is 31.1 Å². The molecule has 1 N–H and O–H groups in total. The van der Waals surface area contributed by atoms with E-state index < -0.39 is 0 Å². The fourth-order valence-corrected chi connectivity index (χ4v) is 3.18. The van der Waals surface area contributed by atoms with Gasteiger partial charge in [-0.1, -0.05) is 26.7 Å². The molecule has 1 heterocycles.